The van der Waals surface area contributed by atoms with Crippen LogP contribution in [0.5, 0.6) is 5.75 Å². The van der Waals surface area contributed by atoms with Gasteiger partial charge in [0.25, 0.3) is 5.91 Å². The van der Waals surface area contributed by atoms with Gasteiger partial charge in [0.15, 0.2) is 0 Å². The molecule has 1 spiro atoms. The fourth-order valence-corrected chi connectivity index (χ4v) is 9.38. The zero-order valence-electron chi connectivity index (χ0n) is 27.7. The number of methoxy groups -OCH3 is 2. The molecular weight excluding hydrogens is 636 g/mol. The highest BCUT2D eigenvalue weighted by Gasteiger charge is 2.48. The van der Waals surface area contributed by atoms with Crippen LogP contribution in [0.1, 0.15) is 67.4 Å². The van der Waals surface area contributed by atoms with Crippen molar-refractivity contribution >= 4 is 33.2 Å². The molecule has 6 rings (SSSR count). The molecule has 1 saturated carbocycles. The maximum Gasteiger partial charge on any atom is 0.264 e. The highest BCUT2D eigenvalue weighted by atomic mass is 35.5. The van der Waals surface area contributed by atoms with Crippen molar-refractivity contribution in [2.24, 2.45) is 17.8 Å². The Balaban J connectivity index is 1.47. The number of halogens is 1. The lowest BCUT2D eigenvalue weighted by atomic mass is 9.64. The summed E-state index contributed by atoms with van der Waals surface area (Å²) in [5.41, 5.74) is 2.43. The van der Waals surface area contributed by atoms with Gasteiger partial charge in [0, 0.05) is 49.2 Å². The minimum atomic E-state index is -3.96. The molecule has 2 aromatic rings. The average molecular weight is 681 g/mol. The van der Waals surface area contributed by atoms with E-state index in [1.165, 1.54) is 11.1 Å². The summed E-state index contributed by atoms with van der Waals surface area (Å²) in [6.07, 6.45) is 9.38. The number of nitrogens with one attached hydrogen (secondary N) is 1. The molecule has 2 heterocycles. The second-order valence-electron chi connectivity index (χ2n) is 13.8. The van der Waals surface area contributed by atoms with Gasteiger partial charge in [-0.3, -0.25) is 4.79 Å². The summed E-state index contributed by atoms with van der Waals surface area (Å²) in [6, 6.07) is 11.4. The van der Waals surface area contributed by atoms with Gasteiger partial charge in [0.1, 0.15) is 18.0 Å². The van der Waals surface area contributed by atoms with Crippen LogP contribution in [0, 0.1) is 29.6 Å². The van der Waals surface area contributed by atoms with Gasteiger partial charge in [0.2, 0.25) is 10.0 Å². The van der Waals surface area contributed by atoms with Gasteiger partial charge in [-0.1, -0.05) is 42.5 Å². The lowest BCUT2D eigenvalue weighted by Crippen LogP contribution is -2.52. The van der Waals surface area contributed by atoms with E-state index in [1.54, 1.807) is 39.3 Å². The summed E-state index contributed by atoms with van der Waals surface area (Å²) in [5, 5.41) is -0.0776. The van der Waals surface area contributed by atoms with E-state index < -0.39 is 26.8 Å². The molecule has 4 aliphatic rings. The SMILES string of the molecule is COCC#C[C@@]1(OC)/C=C\C[C@H](C)[C@@H](C)S(=O)(=O)NC(=O)c2ccc3c(c2)N(C[C@@H]2CC[C@H]21)C[C@@]1(CCCc2cc(Cl)ccc21)CO3. The third-order valence-corrected chi connectivity index (χ3v) is 13.1. The van der Waals surface area contributed by atoms with Gasteiger partial charge in [0.05, 0.1) is 17.5 Å². The molecule has 1 N–H and O–H groups in total. The number of rotatable bonds is 2. The maximum atomic E-state index is 13.5. The highest BCUT2D eigenvalue weighted by Crippen LogP contribution is 2.49. The predicted octanol–water partition coefficient (Wildman–Crippen LogP) is 5.92. The van der Waals surface area contributed by atoms with Gasteiger partial charge in [-0.05, 0) is 105 Å². The van der Waals surface area contributed by atoms with Crippen molar-refractivity contribution in [3.8, 4) is 17.6 Å². The Morgan fingerprint density at radius 2 is 1.98 bits per heavy atom. The number of sulfonamides is 1. The summed E-state index contributed by atoms with van der Waals surface area (Å²) in [6.45, 7) is 5.68. The number of hydrogen-bond acceptors (Lipinski definition) is 7. The Labute approximate surface area is 284 Å². The number of nitrogens with zero attached hydrogens (tertiary/aromatic N) is 1. The van der Waals surface area contributed by atoms with Gasteiger partial charge >= 0.3 is 0 Å². The van der Waals surface area contributed by atoms with E-state index in [9.17, 15) is 13.2 Å². The van der Waals surface area contributed by atoms with Gasteiger partial charge in [-0.25, -0.2) is 13.1 Å². The number of allylic oxidation sites excluding steroid dienone is 1. The van der Waals surface area contributed by atoms with Gasteiger partial charge in [-0.2, -0.15) is 0 Å². The Bertz CT molecular complexity index is 1720. The Kier molecular flexibility index (Phi) is 9.70. The van der Waals surface area contributed by atoms with Crippen LogP contribution in [-0.2, 0) is 31.3 Å². The number of ether oxygens (including phenoxy) is 3. The first-order chi connectivity index (χ1) is 22.5. The topological polar surface area (TPSA) is 94.2 Å². The monoisotopic (exact) mass is 680 g/mol. The van der Waals surface area contributed by atoms with E-state index >= 15 is 0 Å². The lowest BCUT2D eigenvalue weighted by molar-refractivity contribution is -0.0352. The molecule has 0 saturated heterocycles. The van der Waals surface area contributed by atoms with Crippen LogP contribution < -0.4 is 14.4 Å². The van der Waals surface area contributed by atoms with E-state index in [1.807, 2.05) is 25.1 Å². The molecule has 2 aromatic carbocycles. The Hall–Kier alpha value is -3.03. The van der Waals surface area contributed by atoms with Crippen LogP contribution in [0.4, 0.5) is 5.69 Å². The van der Waals surface area contributed by atoms with Crippen molar-refractivity contribution in [1.29, 1.82) is 0 Å². The van der Waals surface area contributed by atoms with Crippen molar-refractivity contribution < 1.29 is 27.4 Å². The fraction of sp³-hybridized carbons (Fsp3) is 0.541. The molecule has 1 amide bonds. The first-order valence-electron chi connectivity index (χ1n) is 16.6. The summed E-state index contributed by atoms with van der Waals surface area (Å²) < 4.78 is 47.3. The molecule has 252 valence electrons. The number of carbonyl (C=O) groups excluding carboxylic acids is 1. The van der Waals surface area contributed by atoms with Gasteiger partial charge < -0.3 is 19.1 Å². The Morgan fingerprint density at radius 1 is 1.15 bits per heavy atom. The smallest absolute Gasteiger partial charge is 0.264 e. The highest BCUT2D eigenvalue weighted by molar-refractivity contribution is 7.90. The molecule has 1 fully saturated rings. The predicted molar refractivity (Wildman–Crippen MR) is 185 cm³/mol. The third kappa shape index (κ3) is 6.55. The standard InChI is InChI=1S/C37H45ClN2O6S/c1-25-8-5-17-37(45-4,18-7-19-44-3)32-13-10-29(32)22-40-23-36(16-6-9-27-20-30(38)12-14-31(27)36)24-46-34-15-11-28(21-33(34)40)35(41)39-47(42,43)26(25)2/h5,11-12,14-15,17,20-21,25-26,29,32H,6,8-10,13,16,19,22-24H2,1-4H3,(H,39,41)/b17-5-/t25-,26+,29-,32+,36-,37-/m0/s1. The molecule has 2 bridgehead atoms. The quantitative estimate of drug-likeness (QED) is 0.311. The number of benzene rings is 2. The molecule has 6 atom stereocenters. The minimum Gasteiger partial charge on any atom is -0.490 e. The number of anilines is 1. The van der Waals surface area contributed by atoms with E-state index in [0.717, 1.165) is 42.8 Å². The zero-order chi connectivity index (χ0) is 33.4. The maximum absolute atomic E-state index is 13.5. The van der Waals surface area contributed by atoms with Crippen molar-refractivity contribution in [3.63, 3.8) is 0 Å². The van der Waals surface area contributed by atoms with E-state index in [4.69, 9.17) is 25.8 Å². The number of amides is 1. The largest absolute Gasteiger partial charge is 0.490 e. The number of hydrogen-bond donors (Lipinski definition) is 1. The Morgan fingerprint density at radius 3 is 2.72 bits per heavy atom. The van der Waals surface area contributed by atoms with E-state index in [-0.39, 0.29) is 35.3 Å². The van der Waals surface area contributed by atoms with Crippen LogP contribution in [-0.4, -0.2) is 65.7 Å². The molecule has 8 nitrogen and oxygen atoms in total. The van der Waals surface area contributed by atoms with Crippen LogP contribution in [0.3, 0.4) is 0 Å². The number of fused-ring (bicyclic) bond motifs is 4. The van der Waals surface area contributed by atoms with E-state index in [2.05, 4.69) is 33.6 Å². The van der Waals surface area contributed by atoms with Crippen molar-refractivity contribution in [2.75, 3.05) is 45.4 Å². The van der Waals surface area contributed by atoms with Gasteiger partial charge in [-0.15, -0.1) is 0 Å². The summed E-state index contributed by atoms with van der Waals surface area (Å²) in [4.78, 5) is 15.9. The fourth-order valence-electron chi connectivity index (χ4n) is 7.90. The first kappa shape index (κ1) is 33.9. The van der Waals surface area contributed by atoms with Crippen molar-refractivity contribution in [1.82, 2.24) is 4.72 Å². The first-order valence-corrected chi connectivity index (χ1v) is 18.5. The molecule has 0 unspecified atom stereocenters. The van der Waals surface area contributed by atoms with Crippen molar-refractivity contribution in [2.45, 2.75) is 68.6 Å². The molecule has 0 aromatic heterocycles. The van der Waals surface area contributed by atoms with Crippen LogP contribution in [0.2, 0.25) is 5.02 Å². The molecule has 47 heavy (non-hydrogen) atoms. The molecule has 0 radical (unpaired) electrons. The minimum absolute atomic E-state index is 0.102. The second kappa shape index (κ2) is 13.5. The zero-order valence-corrected chi connectivity index (χ0v) is 29.3. The number of carbonyl (C=O) groups is 1. The molecule has 10 heteroatoms. The molecule has 2 aliphatic heterocycles. The van der Waals surface area contributed by atoms with Crippen LogP contribution in [0.25, 0.3) is 0 Å². The number of aryl methyl sites for hydroxylation is 1. The van der Waals surface area contributed by atoms with Crippen LogP contribution in [0.15, 0.2) is 48.6 Å². The summed E-state index contributed by atoms with van der Waals surface area (Å²) >= 11 is 6.44. The normalized spacial score (nSPS) is 32.3. The van der Waals surface area contributed by atoms with Crippen LogP contribution >= 0.6 is 11.6 Å². The van der Waals surface area contributed by atoms with E-state index in [0.29, 0.717) is 31.9 Å². The molecule has 2 aliphatic carbocycles. The summed E-state index contributed by atoms with van der Waals surface area (Å²) in [7, 11) is -0.639. The second-order valence-corrected chi connectivity index (χ2v) is 16.2. The average Bonchev–Trinajstić information content (AvgIpc) is 3.18. The third-order valence-electron chi connectivity index (χ3n) is 11.0. The van der Waals surface area contributed by atoms with Crippen molar-refractivity contribution in [3.05, 3.63) is 70.3 Å². The lowest BCUT2D eigenvalue weighted by Gasteiger charge is -2.48. The summed E-state index contributed by atoms with van der Waals surface area (Å²) in [5.74, 6) is 6.69. The molecular formula is C37H45ClN2O6S.